The van der Waals surface area contributed by atoms with Crippen LogP contribution in [0.5, 0.6) is 0 Å². The number of H-pyrrole nitrogens is 2. The number of phosphoric ester groups is 3. The number of nitrogens with one attached hydrogen (secondary N) is 2. The second-order valence-corrected chi connectivity index (χ2v) is 23.5. The van der Waals surface area contributed by atoms with Crippen molar-refractivity contribution in [3.8, 4) is 0 Å². The van der Waals surface area contributed by atoms with Gasteiger partial charge in [-0.3, -0.25) is 51.5 Å². The molecule has 416 valence electrons. The van der Waals surface area contributed by atoms with Crippen molar-refractivity contribution in [2.75, 3.05) is 50.4 Å². The predicted octanol–water partition coefficient (Wildman–Crippen LogP) is -5.87. The lowest BCUT2D eigenvalue weighted by Crippen LogP contribution is -2.45. The molecular weight excluding hydrogens is 1130 g/mol. The van der Waals surface area contributed by atoms with Gasteiger partial charge in [0.2, 0.25) is 17.7 Å². The van der Waals surface area contributed by atoms with Gasteiger partial charge in [-0.05, 0) is 6.26 Å². The number of rotatable bonds is 20. The second kappa shape index (κ2) is 21.1. The molecule has 11 N–H and O–H groups in total. The Balaban J connectivity index is 0.866. The van der Waals surface area contributed by atoms with Crippen LogP contribution in [0.2, 0.25) is 0 Å². The molecule has 0 saturated carbocycles. The predicted molar refractivity (Wildman–Crippen MR) is 241 cm³/mol. The first kappa shape index (κ1) is 56.0. The Morgan fingerprint density at radius 1 is 0.724 bits per heavy atom. The third-order valence-electron chi connectivity index (χ3n) is 11.8. The van der Waals surface area contributed by atoms with Crippen LogP contribution in [0.1, 0.15) is 18.7 Å². The Kier molecular flexibility index (Phi) is 15.6. The molecule has 38 nitrogen and oxygen atoms in total. The van der Waals surface area contributed by atoms with Gasteiger partial charge in [-0.15, -0.1) is 0 Å². The van der Waals surface area contributed by atoms with Crippen LogP contribution in [-0.4, -0.2) is 156 Å². The van der Waals surface area contributed by atoms with E-state index in [1.54, 1.807) is 0 Å². The smallest absolute Gasteiger partial charge is 0.313 e. The van der Waals surface area contributed by atoms with Crippen LogP contribution in [0.4, 0.5) is 17.7 Å². The number of imidazole rings is 3. The van der Waals surface area contributed by atoms with Crippen LogP contribution in [0.3, 0.4) is 0 Å². The summed E-state index contributed by atoms with van der Waals surface area (Å²) in [6.07, 6.45) is -11.9. The molecular formula is C33H42N15O23P4S-3. The van der Waals surface area contributed by atoms with Gasteiger partial charge in [-0.1, -0.05) is 4.98 Å². The lowest BCUT2D eigenvalue weighted by molar-refractivity contribution is -0.745. The number of aliphatic hydroxyl groups excluding tert-OH is 3. The van der Waals surface area contributed by atoms with Gasteiger partial charge in [-0.25, -0.2) is 33.1 Å². The van der Waals surface area contributed by atoms with Crippen LogP contribution >= 0.6 is 43.1 Å². The van der Waals surface area contributed by atoms with Crippen LogP contribution in [0.25, 0.3) is 33.5 Å². The van der Waals surface area contributed by atoms with Crippen molar-refractivity contribution in [3.05, 3.63) is 46.0 Å². The molecule has 0 amide bonds. The fourth-order valence-corrected chi connectivity index (χ4v) is 13.7. The molecule has 3 saturated heterocycles. The summed E-state index contributed by atoms with van der Waals surface area (Å²) in [7, 11) is -22.1. The number of thioether (sulfide) groups is 1. The van der Waals surface area contributed by atoms with E-state index in [4.69, 9.17) is 54.2 Å². The van der Waals surface area contributed by atoms with Crippen molar-refractivity contribution >= 4 is 94.3 Å². The molecule has 0 aliphatic carbocycles. The highest BCUT2D eigenvalue weighted by Crippen LogP contribution is 2.63. The first-order valence-electron chi connectivity index (χ1n) is 21.5. The number of anilines is 3. The van der Waals surface area contributed by atoms with Gasteiger partial charge >= 0.3 is 5.65 Å². The highest BCUT2D eigenvalue weighted by molar-refractivity contribution is 7.99. The molecule has 3 fully saturated rings. The molecule has 43 heteroatoms. The number of aromatic amines is 2. The summed E-state index contributed by atoms with van der Waals surface area (Å²) in [5.74, 6) is -0.704. The monoisotopic (exact) mass is 1170 g/mol. The molecule has 6 aromatic heterocycles. The van der Waals surface area contributed by atoms with E-state index in [-0.39, 0.29) is 51.2 Å². The zero-order valence-electron chi connectivity index (χ0n) is 38.8. The van der Waals surface area contributed by atoms with Crippen LogP contribution < -0.4 is 52.5 Å². The van der Waals surface area contributed by atoms with Crippen molar-refractivity contribution in [3.63, 3.8) is 0 Å². The largest absolute Gasteiger partial charge is 0.756 e. The fraction of sp³-hybridized carbons (Fsp3) is 0.545. The van der Waals surface area contributed by atoms with Gasteiger partial charge in [0.25, 0.3) is 48.4 Å². The average molecular weight is 1170 g/mol. The topological polar surface area (TPSA) is 553 Å². The van der Waals surface area contributed by atoms with Crippen molar-refractivity contribution in [1.29, 1.82) is 0 Å². The van der Waals surface area contributed by atoms with E-state index in [0.29, 0.717) is 0 Å². The number of phosphoric acid groups is 4. The Morgan fingerprint density at radius 2 is 1.32 bits per heavy atom. The molecule has 0 bridgehead atoms. The van der Waals surface area contributed by atoms with E-state index in [2.05, 4.69) is 48.5 Å². The van der Waals surface area contributed by atoms with E-state index in [1.165, 1.54) is 28.8 Å². The van der Waals surface area contributed by atoms with Gasteiger partial charge in [0, 0.05) is 7.11 Å². The summed E-state index contributed by atoms with van der Waals surface area (Å²) in [6.45, 7) is -3.45. The molecule has 16 atom stereocenters. The standard InChI is InChI=1S/C33H45N15O23P4S/c1-45-10-48(26-16(45)28(53)44-33(36)42-26)30-19(51)22(76-3)13(68-30)6-65-74(58,59)71-75(60,61)70-73(56,57)64-5-12-20(21(62-2)31(67-12)46-8-39-14-23(34)37-7-38-24(14)46)69-72(54,55)63-4-11-17(49)18(50)29(66-11)47-9-40-15-25(47)41-32(35)43-27(15)52/h7-13,17-22,29-31,49-51H,4-6H2,1-3H3,(H11-,34,35,36,37,38,41,42,43,44,52,53,54,55,56,57,58,59,60,61)/p-3/t11-,12-,13-,17+,18?,19+,20+,21?,22?,29-,30-,31-/m1/s1. The van der Waals surface area contributed by atoms with Gasteiger partial charge in [0.05, 0.1) is 44.8 Å². The van der Waals surface area contributed by atoms with Gasteiger partial charge in [-0.2, -0.15) is 16.7 Å². The number of nitrogens with two attached hydrogens (primary N) is 3. The van der Waals surface area contributed by atoms with Crippen molar-refractivity contribution < 1.29 is 103 Å². The number of fused-ring (bicyclic) bond motifs is 3. The van der Waals surface area contributed by atoms with E-state index in [0.717, 1.165) is 47.0 Å². The van der Waals surface area contributed by atoms with E-state index in [9.17, 15) is 62.7 Å². The maximum absolute atomic E-state index is 13.6. The quantitative estimate of drug-likeness (QED) is 0.0261. The third kappa shape index (κ3) is 11.1. The molecule has 0 radical (unpaired) electrons. The molecule has 0 spiro atoms. The van der Waals surface area contributed by atoms with Crippen LogP contribution in [0.15, 0.2) is 34.9 Å². The third-order valence-corrected chi connectivity index (χ3v) is 18.0. The molecule has 7 unspecified atom stereocenters. The molecule has 3 aliphatic rings. The number of nitrogens with zero attached hydrogens (tertiary/aromatic N) is 10. The van der Waals surface area contributed by atoms with Gasteiger partial charge in [0.15, 0.2) is 41.4 Å². The minimum atomic E-state index is -6.54. The molecule has 9 rings (SSSR count). The number of hydrogen-bond donors (Lipinski definition) is 8. The number of aromatic nitrogens is 12. The Labute approximate surface area is 426 Å². The maximum atomic E-state index is 13.6. The van der Waals surface area contributed by atoms with E-state index < -0.39 is 135 Å². The molecule has 76 heavy (non-hydrogen) atoms. The molecule has 9 heterocycles. The summed E-state index contributed by atoms with van der Waals surface area (Å²) >= 11 is 0.989. The number of aliphatic hydroxyl groups is 3. The fourth-order valence-electron chi connectivity index (χ4n) is 8.54. The van der Waals surface area contributed by atoms with Gasteiger partial charge in [0.1, 0.15) is 60.7 Å². The number of methoxy groups -OCH3 is 1. The average Bonchev–Trinajstić information content (AvgIpc) is 4.18. The highest BCUT2D eigenvalue weighted by atomic mass is 32.2. The molecule has 6 aromatic rings. The van der Waals surface area contributed by atoms with Gasteiger partial charge < -0.3 is 89.1 Å². The normalized spacial score (nSPS) is 30.2. The van der Waals surface area contributed by atoms with Crippen molar-refractivity contribution in [1.82, 2.24) is 53.6 Å². The lowest BCUT2D eigenvalue weighted by Gasteiger charge is -2.35. The molecule has 0 aromatic carbocycles. The Morgan fingerprint density at radius 3 is 1.99 bits per heavy atom. The second-order valence-electron chi connectivity index (χ2n) is 16.6. The number of aryl methyl sites for hydroxylation is 1. The minimum Gasteiger partial charge on any atom is -0.756 e. The molecule has 3 aliphatic heterocycles. The lowest BCUT2D eigenvalue weighted by atomic mass is 10.1. The summed E-state index contributed by atoms with van der Waals surface area (Å²) in [5.41, 5.74) is 15.5. The summed E-state index contributed by atoms with van der Waals surface area (Å²) in [5, 5.41) is 31.9. The first-order valence-corrected chi connectivity index (χ1v) is 28.6. The highest BCUT2D eigenvalue weighted by Gasteiger charge is 2.51. The first-order chi connectivity index (χ1) is 35.7. The summed E-state index contributed by atoms with van der Waals surface area (Å²) < 4.78 is 108. The maximum Gasteiger partial charge on any atom is 0.313 e. The number of hydrogen-bond acceptors (Lipinski definition) is 33. The van der Waals surface area contributed by atoms with E-state index >= 15 is 0 Å². The van der Waals surface area contributed by atoms with Crippen LogP contribution in [0, 0.1) is 0 Å². The summed E-state index contributed by atoms with van der Waals surface area (Å²) in [6, 6.07) is 0. The van der Waals surface area contributed by atoms with Crippen molar-refractivity contribution in [2.24, 2.45) is 7.05 Å². The van der Waals surface area contributed by atoms with E-state index in [1.807, 2.05) is 0 Å². The summed E-state index contributed by atoms with van der Waals surface area (Å²) in [4.78, 5) is 106. The SMILES string of the molecule is COC1[C@@H](OP(=O)([O-])OC[C@H]2O[C@@H](n3cnc4c(=O)[nH]c(N)nc43)C(O)[C@H]2O)[C@@H](COP(=O)([O-])OP(=O)([O-])OP(=O)([O-])OC[C@H]2O[C@@H]([n+]3cn(C)c4c(=O)[nH]c(N)nc43)[C@@H](O)C2SC)O[C@H]1n1cnc2c(N)ncnc21. The number of nitrogen functional groups attached to an aromatic ring is 3. The number of ether oxygens (including phenoxy) is 4. The van der Waals surface area contributed by atoms with Crippen LogP contribution in [-0.2, 0) is 71.0 Å². The minimum absolute atomic E-state index is 0.0218. The Hall–Kier alpha value is -4.76. The zero-order valence-corrected chi connectivity index (χ0v) is 43.2. The Bertz CT molecular complexity index is 3490. The van der Waals surface area contributed by atoms with Crippen molar-refractivity contribution in [2.45, 2.75) is 72.8 Å². The zero-order chi connectivity index (χ0) is 55.0.